The van der Waals surface area contributed by atoms with Gasteiger partial charge in [0.25, 0.3) is 0 Å². The van der Waals surface area contributed by atoms with E-state index < -0.39 is 5.97 Å². The normalized spacial score (nSPS) is 20.6. The number of anilines is 1. The van der Waals surface area contributed by atoms with Gasteiger partial charge in [0, 0.05) is 13.1 Å². The lowest BCUT2D eigenvalue weighted by Gasteiger charge is -2.45. The van der Waals surface area contributed by atoms with E-state index in [-0.39, 0.29) is 12.0 Å². The van der Waals surface area contributed by atoms with Gasteiger partial charge >= 0.3 is 5.97 Å². The lowest BCUT2D eigenvalue weighted by atomic mass is 9.83. The molecule has 24 heavy (non-hydrogen) atoms. The highest BCUT2D eigenvalue weighted by molar-refractivity contribution is 7.22. The van der Waals surface area contributed by atoms with Crippen LogP contribution in [0.4, 0.5) is 5.13 Å². The molecule has 0 bridgehead atoms. The van der Waals surface area contributed by atoms with Crippen molar-refractivity contribution < 1.29 is 14.6 Å². The van der Waals surface area contributed by atoms with Gasteiger partial charge in [-0.1, -0.05) is 36.7 Å². The average Bonchev–Trinajstić information content (AvgIpc) is 2.98. The highest BCUT2D eigenvalue weighted by atomic mass is 32.1. The Balaban J connectivity index is 1.57. The van der Waals surface area contributed by atoms with E-state index in [1.807, 2.05) is 18.2 Å². The second kappa shape index (κ2) is 6.33. The number of aliphatic carboxylic acids is 1. The van der Waals surface area contributed by atoms with Gasteiger partial charge in [-0.15, -0.1) is 0 Å². The van der Waals surface area contributed by atoms with Crippen molar-refractivity contribution in [1.82, 2.24) is 4.98 Å². The van der Waals surface area contributed by atoms with Gasteiger partial charge in [0.05, 0.1) is 28.8 Å². The summed E-state index contributed by atoms with van der Waals surface area (Å²) in [4.78, 5) is 18.0. The molecule has 1 spiro atoms. The minimum Gasteiger partial charge on any atom is -0.481 e. The molecule has 128 valence electrons. The third-order valence-electron chi connectivity index (χ3n) is 5.08. The number of benzene rings is 1. The van der Waals surface area contributed by atoms with Crippen molar-refractivity contribution in [3.63, 3.8) is 0 Å². The SMILES string of the molecule is O=C(O)Cc1ccc2nc(N3CCOC4(CCCCC4)C3)sc2c1. The van der Waals surface area contributed by atoms with Crippen LogP contribution in [-0.4, -0.2) is 41.4 Å². The average molecular weight is 346 g/mol. The standard InChI is InChI=1S/C18H22N2O3S/c21-16(22)11-13-4-5-14-15(10-13)24-17(19-14)20-8-9-23-18(12-20)6-2-1-3-7-18/h4-5,10H,1-3,6-9,11-12H2,(H,21,22). The van der Waals surface area contributed by atoms with E-state index in [0.717, 1.165) is 53.4 Å². The van der Waals surface area contributed by atoms with Crippen LogP contribution in [0.15, 0.2) is 18.2 Å². The van der Waals surface area contributed by atoms with Crippen LogP contribution < -0.4 is 4.90 Å². The maximum absolute atomic E-state index is 10.9. The van der Waals surface area contributed by atoms with Crippen molar-refractivity contribution in [2.24, 2.45) is 0 Å². The van der Waals surface area contributed by atoms with Gasteiger partial charge in [-0.2, -0.15) is 0 Å². The molecular weight excluding hydrogens is 324 g/mol. The molecule has 5 nitrogen and oxygen atoms in total. The monoisotopic (exact) mass is 346 g/mol. The first-order chi connectivity index (χ1) is 11.6. The largest absolute Gasteiger partial charge is 0.481 e. The summed E-state index contributed by atoms with van der Waals surface area (Å²) >= 11 is 1.66. The number of carboxylic acid groups (broad SMARTS) is 1. The number of morpholine rings is 1. The van der Waals surface area contributed by atoms with Crippen LogP contribution in [-0.2, 0) is 16.0 Å². The fourth-order valence-corrected chi connectivity index (χ4v) is 4.94. The molecule has 1 N–H and O–H groups in total. The molecule has 1 aliphatic carbocycles. The van der Waals surface area contributed by atoms with E-state index in [9.17, 15) is 4.79 Å². The Morgan fingerprint density at radius 1 is 1.33 bits per heavy atom. The first-order valence-corrected chi connectivity index (χ1v) is 9.45. The molecule has 4 rings (SSSR count). The lowest BCUT2D eigenvalue weighted by Crippen LogP contribution is -2.52. The quantitative estimate of drug-likeness (QED) is 0.922. The van der Waals surface area contributed by atoms with Gasteiger partial charge in [0.1, 0.15) is 0 Å². The molecule has 2 heterocycles. The summed E-state index contributed by atoms with van der Waals surface area (Å²) < 4.78 is 7.23. The molecular formula is C18H22N2O3S. The maximum atomic E-state index is 10.9. The summed E-state index contributed by atoms with van der Waals surface area (Å²) in [5, 5.41) is 9.99. The molecule has 1 saturated heterocycles. The first-order valence-electron chi connectivity index (χ1n) is 8.64. The Bertz CT molecular complexity index is 746. The van der Waals surface area contributed by atoms with Crippen LogP contribution in [0.25, 0.3) is 10.2 Å². The minimum atomic E-state index is -0.800. The highest BCUT2D eigenvalue weighted by Crippen LogP contribution is 2.37. The van der Waals surface area contributed by atoms with Gasteiger partial charge in [-0.25, -0.2) is 4.98 Å². The number of rotatable bonds is 3. The predicted molar refractivity (Wildman–Crippen MR) is 94.9 cm³/mol. The zero-order valence-corrected chi connectivity index (χ0v) is 14.5. The van der Waals surface area contributed by atoms with Crippen LogP contribution in [0.1, 0.15) is 37.7 Å². The number of nitrogens with zero attached hydrogens (tertiary/aromatic N) is 2. The fraction of sp³-hybridized carbons (Fsp3) is 0.556. The van der Waals surface area contributed by atoms with E-state index in [1.165, 1.54) is 19.3 Å². The summed E-state index contributed by atoms with van der Waals surface area (Å²) in [6, 6.07) is 5.76. The molecule has 1 aromatic heterocycles. The molecule has 1 aromatic carbocycles. The van der Waals surface area contributed by atoms with Crippen molar-refractivity contribution in [1.29, 1.82) is 0 Å². The number of fused-ring (bicyclic) bond motifs is 1. The van der Waals surface area contributed by atoms with Crippen LogP contribution in [0.5, 0.6) is 0 Å². The van der Waals surface area contributed by atoms with E-state index in [1.54, 1.807) is 11.3 Å². The molecule has 0 unspecified atom stereocenters. The smallest absolute Gasteiger partial charge is 0.307 e. The van der Waals surface area contributed by atoms with Crippen LogP contribution in [0, 0.1) is 0 Å². The second-order valence-corrected chi connectivity index (χ2v) is 7.89. The molecule has 2 aromatic rings. The van der Waals surface area contributed by atoms with Crippen LogP contribution in [0.2, 0.25) is 0 Å². The zero-order chi connectivity index (χ0) is 16.6. The number of carboxylic acids is 1. The van der Waals surface area contributed by atoms with E-state index in [4.69, 9.17) is 14.8 Å². The van der Waals surface area contributed by atoms with Gasteiger partial charge < -0.3 is 14.7 Å². The Morgan fingerprint density at radius 3 is 2.96 bits per heavy atom. The summed E-state index contributed by atoms with van der Waals surface area (Å²) in [6.45, 7) is 2.57. The number of hydrogen-bond donors (Lipinski definition) is 1. The van der Waals surface area contributed by atoms with Crippen molar-refractivity contribution in [3.05, 3.63) is 23.8 Å². The molecule has 1 saturated carbocycles. The maximum Gasteiger partial charge on any atom is 0.307 e. The number of ether oxygens (including phenoxy) is 1. The minimum absolute atomic E-state index is 0.0167. The van der Waals surface area contributed by atoms with Crippen molar-refractivity contribution >= 4 is 32.7 Å². The Labute approximate surface area is 145 Å². The molecule has 2 aliphatic rings. The highest BCUT2D eigenvalue weighted by Gasteiger charge is 2.38. The molecule has 2 fully saturated rings. The number of thiazole rings is 1. The summed E-state index contributed by atoms with van der Waals surface area (Å²) in [5.74, 6) is -0.800. The third-order valence-corrected chi connectivity index (χ3v) is 6.16. The summed E-state index contributed by atoms with van der Waals surface area (Å²) in [5.41, 5.74) is 1.80. The molecule has 1 aliphatic heterocycles. The summed E-state index contributed by atoms with van der Waals surface area (Å²) in [7, 11) is 0. The second-order valence-electron chi connectivity index (χ2n) is 6.88. The van der Waals surface area contributed by atoms with Crippen LogP contribution >= 0.6 is 11.3 Å². The number of hydrogen-bond acceptors (Lipinski definition) is 5. The van der Waals surface area contributed by atoms with Gasteiger partial charge in [0.15, 0.2) is 5.13 Å². The van der Waals surface area contributed by atoms with E-state index >= 15 is 0 Å². The predicted octanol–water partition coefficient (Wildman–Crippen LogP) is 3.46. The fourth-order valence-electron chi connectivity index (χ4n) is 3.88. The van der Waals surface area contributed by atoms with Gasteiger partial charge in [0.2, 0.25) is 0 Å². The van der Waals surface area contributed by atoms with Crippen molar-refractivity contribution in [3.8, 4) is 0 Å². The zero-order valence-electron chi connectivity index (χ0n) is 13.7. The molecule has 0 amide bonds. The van der Waals surface area contributed by atoms with Gasteiger partial charge in [-0.3, -0.25) is 4.79 Å². The Morgan fingerprint density at radius 2 is 2.17 bits per heavy atom. The number of carbonyl (C=O) groups is 1. The van der Waals surface area contributed by atoms with E-state index in [0.29, 0.717) is 0 Å². The Kier molecular flexibility index (Phi) is 4.18. The third kappa shape index (κ3) is 3.13. The Hall–Kier alpha value is -1.66. The van der Waals surface area contributed by atoms with E-state index in [2.05, 4.69) is 4.90 Å². The molecule has 6 heteroatoms. The lowest BCUT2D eigenvalue weighted by molar-refractivity contribution is -0.136. The number of aromatic nitrogens is 1. The summed E-state index contributed by atoms with van der Waals surface area (Å²) in [6.07, 6.45) is 6.19. The van der Waals surface area contributed by atoms with Gasteiger partial charge in [-0.05, 0) is 30.5 Å². The molecule has 0 radical (unpaired) electrons. The van der Waals surface area contributed by atoms with Crippen molar-refractivity contribution in [2.75, 3.05) is 24.6 Å². The first kappa shape index (κ1) is 15.8. The van der Waals surface area contributed by atoms with Crippen LogP contribution in [0.3, 0.4) is 0 Å². The molecule has 0 atom stereocenters. The topological polar surface area (TPSA) is 62.7 Å². The van der Waals surface area contributed by atoms with Crippen molar-refractivity contribution in [2.45, 2.75) is 44.1 Å².